The monoisotopic (exact) mass is 309 g/mol. The number of thiophene rings is 1. The van der Waals surface area contributed by atoms with Crippen LogP contribution in [0.5, 0.6) is 0 Å². The average Bonchev–Trinajstić information content (AvgIpc) is 3.04. The molecule has 0 aliphatic carbocycles. The topological polar surface area (TPSA) is 29.0 Å². The van der Waals surface area contributed by atoms with Crippen molar-refractivity contribution >= 4 is 27.4 Å². The molecule has 1 fully saturated rings. The van der Waals surface area contributed by atoms with Crippen molar-refractivity contribution in [3.8, 4) is 0 Å². The number of benzene rings is 1. The zero-order valence-electron chi connectivity index (χ0n) is 12.7. The second kappa shape index (κ2) is 5.69. The highest BCUT2D eigenvalue weighted by molar-refractivity contribution is 7.16. The van der Waals surface area contributed by atoms with Crippen LogP contribution in [0.25, 0.3) is 10.2 Å². The Bertz CT molecular complexity index is 788. The van der Waals surface area contributed by atoms with Crippen LogP contribution in [0, 0.1) is 6.92 Å². The van der Waals surface area contributed by atoms with Gasteiger partial charge in [0, 0.05) is 13.1 Å². The minimum Gasteiger partial charge on any atom is -0.356 e. The van der Waals surface area contributed by atoms with Crippen LogP contribution in [-0.4, -0.2) is 23.1 Å². The van der Waals surface area contributed by atoms with Gasteiger partial charge < -0.3 is 4.90 Å². The Hall–Kier alpha value is -1.94. The van der Waals surface area contributed by atoms with Crippen LogP contribution >= 0.6 is 11.3 Å². The van der Waals surface area contributed by atoms with Crippen LogP contribution in [0.2, 0.25) is 0 Å². The first-order valence-corrected chi connectivity index (χ1v) is 8.69. The third-order valence-electron chi connectivity index (χ3n) is 4.66. The van der Waals surface area contributed by atoms with Crippen molar-refractivity contribution in [2.75, 3.05) is 18.0 Å². The molecule has 3 heterocycles. The molecule has 0 bridgehead atoms. The normalized spacial score (nSPS) is 16.3. The summed E-state index contributed by atoms with van der Waals surface area (Å²) in [5, 5.41) is 3.30. The SMILES string of the molecule is Cc1ccccc1C1CCN(c2ncnc3sccc23)CC1. The van der Waals surface area contributed by atoms with Gasteiger partial charge in [0.15, 0.2) is 0 Å². The van der Waals surface area contributed by atoms with Crippen LogP contribution in [0.3, 0.4) is 0 Å². The Morgan fingerprint density at radius 3 is 2.73 bits per heavy atom. The van der Waals surface area contributed by atoms with Crippen molar-refractivity contribution in [1.29, 1.82) is 0 Å². The Morgan fingerprint density at radius 1 is 1.09 bits per heavy atom. The predicted octanol–water partition coefficient (Wildman–Crippen LogP) is 4.38. The molecule has 4 rings (SSSR count). The van der Waals surface area contributed by atoms with Crippen LogP contribution in [-0.2, 0) is 0 Å². The Kier molecular flexibility index (Phi) is 3.54. The van der Waals surface area contributed by atoms with Crippen LogP contribution in [0.15, 0.2) is 42.0 Å². The lowest BCUT2D eigenvalue weighted by molar-refractivity contribution is 0.502. The van der Waals surface area contributed by atoms with E-state index in [9.17, 15) is 0 Å². The highest BCUT2D eigenvalue weighted by atomic mass is 32.1. The van der Waals surface area contributed by atoms with E-state index in [0.29, 0.717) is 5.92 Å². The van der Waals surface area contributed by atoms with Crippen molar-refractivity contribution < 1.29 is 0 Å². The Balaban J connectivity index is 1.55. The molecule has 0 spiro atoms. The molecule has 3 nitrogen and oxygen atoms in total. The van der Waals surface area contributed by atoms with Crippen molar-refractivity contribution in [3.05, 3.63) is 53.2 Å². The van der Waals surface area contributed by atoms with Gasteiger partial charge in [-0.15, -0.1) is 11.3 Å². The summed E-state index contributed by atoms with van der Waals surface area (Å²) in [6, 6.07) is 10.9. The van der Waals surface area contributed by atoms with Gasteiger partial charge >= 0.3 is 0 Å². The van der Waals surface area contributed by atoms with Crippen molar-refractivity contribution in [1.82, 2.24) is 9.97 Å². The summed E-state index contributed by atoms with van der Waals surface area (Å²) in [7, 11) is 0. The zero-order valence-corrected chi connectivity index (χ0v) is 13.5. The molecular weight excluding hydrogens is 290 g/mol. The molecule has 0 amide bonds. The van der Waals surface area contributed by atoms with Crippen molar-refractivity contribution in [2.24, 2.45) is 0 Å². The number of aryl methyl sites for hydroxylation is 1. The van der Waals surface area contributed by atoms with Crippen LogP contribution in [0.1, 0.15) is 29.9 Å². The van der Waals surface area contributed by atoms with Gasteiger partial charge in [-0.05, 0) is 48.3 Å². The minimum atomic E-state index is 0.678. The largest absolute Gasteiger partial charge is 0.356 e. The molecule has 0 radical (unpaired) electrons. The second-order valence-corrected chi connectivity index (χ2v) is 6.85. The lowest BCUT2D eigenvalue weighted by Gasteiger charge is -2.33. The molecule has 1 aliphatic rings. The summed E-state index contributed by atoms with van der Waals surface area (Å²) in [5.74, 6) is 1.78. The average molecular weight is 309 g/mol. The van der Waals surface area contributed by atoms with Crippen molar-refractivity contribution in [2.45, 2.75) is 25.7 Å². The Morgan fingerprint density at radius 2 is 1.91 bits per heavy atom. The molecule has 0 saturated carbocycles. The molecule has 1 saturated heterocycles. The number of piperidine rings is 1. The van der Waals surface area contributed by atoms with E-state index < -0.39 is 0 Å². The molecular formula is C18H19N3S. The van der Waals surface area contributed by atoms with E-state index in [-0.39, 0.29) is 0 Å². The summed E-state index contributed by atoms with van der Waals surface area (Å²) in [6.07, 6.45) is 4.09. The van der Waals surface area contributed by atoms with E-state index in [1.54, 1.807) is 17.7 Å². The van der Waals surface area contributed by atoms with Gasteiger partial charge in [0.05, 0.1) is 5.39 Å². The molecule has 22 heavy (non-hydrogen) atoms. The maximum absolute atomic E-state index is 4.54. The first-order chi connectivity index (χ1) is 10.8. The molecule has 0 atom stereocenters. The van der Waals surface area contributed by atoms with Gasteiger partial charge in [0.1, 0.15) is 17.0 Å². The van der Waals surface area contributed by atoms with Gasteiger partial charge in [0.2, 0.25) is 0 Å². The highest BCUT2D eigenvalue weighted by Gasteiger charge is 2.23. The molecule has 1 aliphatic heterocycles. The summed E-state index contributed by atoms with van der Waals surface area (Å²) < 4.78 is 0. The second-order valence-electron chi connectivity index (χ2n) is 5.95. The number of fused-ring (bicyclic) bond motifs is 1. The summed E-state index contributed by atoms with van der Waals surface area (Å²) >= 11 is 1.69. The van der Waals surface area contributed by atoms with E-state index >= 15 is 0 Å². The third kappa shape index (κ3) is 2.37. The molecule has 0 unspecified atom stereocenters. The van der Waals surface area contributed by atoms with Gasteiger partial charge in [-0.3, -0.25) is 0 Å². The smallest absolute Gasteiger partial charge is 0.140 e. The molecule has 1 aromatic carbocycles. The van der Waals surface area contributed by atoms with E-state index in [2.05, 4.69) is 57.5 Å². The van der Waals surface area contributed by atoms with E-state index in [1.807, 2.05) is 0 Å². The number of hydrogen-bond donors (Lipinski definition) is 0. The minimum absolute atomic E-state index is 0.678. The van der Waals surface area contributed by atoms with E-state index in [0.717, 1.165) is 23.7 Å². The quantitative estimate of drug-likeness (QED) is 0.703. The van der Waals surface area contributed by atoms with E-state index in [1.165, 1.54) is 29.4 Å². The lowest BCUT2D eigenvalue weighted by atomic mass is 9.87. The lowest BCUT2D eigenvalue weighted by Crippen LogP contribution is -2.33. The van der Waals surface area contributed by atoms with Gasteiger partial charge in [-0.2, -0.15) is 0 Å². The molecule has 112 valence electrons. The summed E-state index contributed by atoms with van der Waals surface area (Å²) in [6.45, 7) is 4.36. The number of aromatic nitrogens is 2. The number of nitrogens with zero attached hydrogens (tertiary/aromatic N) is 3. The van der Waals surface area contributed by atoms with Gasteiger partial charge in [-0.25, -0.2) is 9.97 Å². The first kappa shape index (κ1) is 13.7. The van der Waals surface area contributed by atoms with Crippen LogP contribution in [0.4, 0.5) is 5.82 Å². The first-order valence-electron chi connectivity index (χ1n) is 7.81. The maximum Gasteiger partial charge on any atom is 0.140 e. The fourth-order valence-corrected chi connectivity index (χ4v) is 4.20. The zero-order chi connectivity index (χ0) is 14.9. The fourth-order valence-electron chi connectivity index (χ4n) is 3.48. The van der Waals surface area contributed by atoms with Gasteiger partial charge in [0.25, 0.3) is 0 Å². The molecule has 2 aromatic heterocycles. The van der Waals surface area contributed by atoms with E-state index in [4.69, 9.17) is 0 Å². The van der Waals surface area contributed by atoms with Gasteiger partial charge in [-0.1, -0.05) is 24.3 Å². The van der Waals surface area contributed by atoms with Crippen LogP contribution < -0.4 is 4.90 Å². The molecule has 4 heteroatoms. The van der Waals surface area contributed by atoms with Crippen molar-refractivity contribution in [3.63, 3.8) is 0 Å². The predicted molar refractivity (Wildman–Crippen MR) is 92.8 cm³/mol. The number of anilines is 1. The fraction of sp³-hybridized carbons (Fsp3) is 0.333. The standard InChI is InChI=1S/C18H19N3S/c1-13-4-2-3-5-15(13)14-6-9-21(10-7-14)17-16-8-11-22-18(16)20-12-19-17/h2-5,8,11-12,14H,6-7,9-10H2,1H3. The summed E-state index contributed by atoms with van der Waals surface area (Å²) in [4.78, 5) is 12.4. The number of hydrogen-bond acceptors (Lipinski definition) is 4. The summed E-state index contributed by atoms with van der Waals surface area (Å²) in [5.41, 5.74) is 2.94. The molecule has 0 N–H and O–H groups in total. The third-order valence-corrected chi connectivity index (χ3v) is 5.48. The molecule has 3 aromatic rings. The highest BCUT2D eigenvalue weighted by Crippen LogP contribution is 2.34. The maximum atomic E-state index is 4.54. The Labute approximate surface area is 134 Å². The number of rotatable bonds is 2.